The zero-order valence-corrected chi connectivity index (χ0v) is 14.1. The summed E-state index contributed by atoms with van der Waals surface area (Å²) in [7, 11) is 0. The molecule has 2 rings (SSSR count). The number of nitrogens with one attached hydrogen (secondary N) is 1. The van der Waals surface area contributed by atoms with E-state index in [4.69, 9.17) is 4.74 Å². The number of morpholine rings is 1. The van der Waals surface area contributed by atoms with Crippen LogP contribution >= 0.6 is 0 Å². The SMILES string of the molecule is CCNC1CC(C)CC(C)C1CN1C[C@@H](C)O[C@@H](C)C1. The molecule has 0 aromatic rings. The van der Waals surface area contributed by atoms with Gasteiger partial charge in [-0.1, -0.05) is 20.8 Å². The minimum Gasteiger partial charge on any atom is -0.373 e. The number of ether oxygens (including phenoxy) is 1. The van der Waals surface area contributed by atoms with Gasteiger partial charge in [0.05, 0.1) is 12.2 Å². The third kappa shape index (κ3) is 4.19. The van der Waals surface area contributed by atoms with Crippen LogP contribution in [0.3, 0.4) is 0 Å². The van der Waals surface area contributed by atoms with Gasteiger partial charge in [0.25, 0.3) is 0 Å². The van der Waals surface area contributed by atoms with E-state index in [-0.39, 0.29) is 0 Å². The van der Waals surface area contributed by atoms with Crippen LogP contribution in [0.1, 0.15) is 47.5 Å². The molecule has 1 saturated heterocycles. The summed E-state index contributed by atoms with van der Waals surface area (Å²) in [6.07, 6.45) is 3.50. The first kappa shape index (κ1) is 16.3. The topological polar surface area (TPSA) is 24.5 Å². The van der Waals surface area contributed by atoms with Crippen molar-refractivity contribution < 1.29 is 4.74 Å². The highest BCUT2D eigenvalue weighted by Crippen LogP contribution is 2.34. The summed E-state index contributed by atoms with van der Waals surface area (Å²) in [6.45, 7) is 16.0. The Morgan fingerprint density at radius 3 is 2.30 bits per heavy atom. The zero-order chi connectivity index (χ0) is 14.7. The third-order valence-corrected chi connectivity index (χ3v) is 5.11. The molecule has 2 fully saturated rings. The van der Waals surface area contributed by atoms with Gasteiger partial charge in [0.15, 0.2) is 0 Å². The Bertz CT molecular complexity index is 287. The molecular formula is C17H34N2O. The average molecular weight is 282 g/mol. The Balaban J connectivity index is 1.97. The van der Waals surface area contributed by atoms with Crippen molar-refractivity contribution in [2.45, 2.75) is 65.7 Å². The second-order valence-electron chi connectivity index (χ2n) is 7.36. The molecule has 0 aromatic carbocycles. The van der Waals surface area contributed by atoms with Gasteiger partial charge in [-0.15, -0.1) is 0 Å². The molecule has 0 radical (unpaired) electrons. The van der Waals surface area contributed by atoms with Crippen LogP contribution in [0.15, 0.2) is 0 Å². The van der Waals surface area contributed by atoms with Crippen molar-refractivity contribution in [2.24, 2.45) is 17.8 Å². The molecule has 20 heavy (non-hydrogen) atoms. The normalized spacial score (nSPS) is 43.6. The summed E-state index contributed by atoms with van der Waals surface area (Å²) in [5.41, 5.74) is 0. The maximum atomic E-state index is 5.87. The van der Waals surface area contributed by atoms with Crippen LogP contribution in [0, 0.1) is 17.8 Å². The lowest BCUT2D eigenvalue weighted by atomic mass is 9.72. The monoisotopic (exact) mass is 282 g/mol. The van der Waals surface area contributed by atoms with Crippen LogP contribution in [0.4, 0.5) is 0 Å². The van der Waals surface area contributed by atoms with E-state index in [1.807, 2.05) is 0 Å². The molecule has 6 atom stereocenters. The molecule has 1 heterocycles. The van der Waals surface area contributed by atoms with E-state index in [2.05, 4.69) is 44.8 Å². The predicted molar refractivity (Wildman–Crippen MR) is 85.0 cm³/mol. The Morgan fingerprint density at radius 1 is 1.05 bits per heavy atom. The van der Waals surface area contributed by atoms with Crippen molar-refractivity contribution in [3.8, 4) is 0 Å². The summed E-state index contributed by atoms with van der Waals surface area (Å²) in [5, 5.41) is 3.75. The molecule has 1 saturated carbocycles. The van der Waals surface area contributed by atoms with E-state index < -0.39 is 0 Å². The molecule has 118 valence electrons. The minimum absolute atomic E-state index is 0.383. The van der Waals surface area contributed by atoms with Gasteiger partial charge in [-0.3, -0.25) is 4.90 Å². The minimum atomic E-state index is 0.383. The molecule has 4 unspecified atom stereocenters. The first-order valence-electron chi connectivity index (χ1n) is 8.60. The predicted octanol–water partition coefficient (Wildman–Crippen LogP) is 2.76. The van der Waals surface area contributed by atoms with Gasteiger partial charge in [-0.25, -0.2) is 0 Å². The second-order valence-corrected chi connectivity index (χ2v) is 7.36. The smallest absolute Gasteiger partial charge is 0.0678 e. The van der Waals surface area contributed by atoms with Gasteiger partial charge >= 0.3 is 0 Å². The first-order valence-corrected chi connectivity index (χ1v) is 8.60. The summed E-state index contributed by atoms with van der Waals surface area (Å²) >= 11 is 0. The largest absolute Gasteiger partial charge is 0.373 e. The summed E-state index contributed by atoms with van der Waals surface area (Å²) in [6, 6.07) is 0.701. The average Bonchev–Trinajstić information content (AvgIpc) is 2.32. The molecule has 3 heteroatoms. The second kappa shape index (κ2) is 7.24. The van der Waals surface area contributed by atoms with Crippen molar-refractivity contribution in [3.05, 3.63) is 0 Å². The molecule has 1 aliphatic carbocycles. The van der Waals surface area contributed by atoms with Crippen LogP contribution in [0.2, 0.25) is 0 Å². The van der Waals surface area contributed by atoms with Gasteiger partial charge in [0.2, 0.25) is 0 Å². The quantitative estimate of drug-likeness (QED) is 0.858. The maximum absolute atomic E-state index is 5.87. The molecule has 2 aliphatic rings. The van der Waals surface area contributed by atoms with Gasteiger partial charge in [-0.05, 0) is 51.0 Å². The fourth-order valence-electron chi connectivity index (χ4n) is 4.45. The third-order valence-electron chi connectivity index (χ3n) is 5.11. The highest BCUT2D eigenvalue weighted by Gasteiger charge is 2.35. The number of hydrogen-bond donors (Lipinski definition) is 1. The van der Waals surface area contributed by atoms with E-state index in [0.717, 1.165) is 37.4 Å². The lowest BCUT2D eigenvalue weighted by Gasteiger charge is -2.44. The van der Waals surface area contributed by atoms with Gasteiger partial charge in [-0.2, -0.15) is 0 Å². The van der Waals surface area contributed by atoms with E-state index in [1.165, 1.54) is 19.4 Å². The number of rotatable bonds is 4. The standard InChI is InChI=1S/C17H34N2O/c1-6-18-17-8-12(2)7-13(3)16(17)11-19-9-14(4)20-15(5)10-19/h12-18H,6-11H2,1-5H3/t12?,13?,14-,15+,16?,17?. The van der Waals surface area contributed by atoms with E-state index in [0.29, 0.717) is 18.2 Å². The van der Waals surface area contributed by atoms with Crippen molar-refractivity contribution in [1.82, 2.24) is 10.2 Å². The zero-order valence-electron chi connectivity index (χ0n) is 14.1. The Kier molecular flexibility index (Phi) is 5.88. The van der Waals surface area contributed by atoms with Gasteiger partial charge < -0.3 is 10.1 Å². The summed E-state index contributed by atoms with van der Waals surface area (Å²) in [5.74, 6) is 2.49. The maximum Gasteiger partial charge on any atom is 0.0678 e. The molecule has 1 N–H and O–H groups in total. The van der Waals surface area contributed by atoms with E-state index in [1.54, 1.807) is 0 Å². The van der Waals surface area contributed by atoms with Crippen LogP contribution in [0.25, 0.3) is 0 Å². The molecule has 0 bridgehead atoms. The first-order chi connectivity index (χ1) is 9.49. The van der Waals surface area contributed by atoms with Gasteiger partial charge in [0, 0.05) is 25.7 Å². The van der Waals surface area contributed by atoms with Crippen LogP contribution < -0.4 is 5.32 Å². The van der Waals surface area contributed by atoms with Crippen molar-refractivity contribution in [1.29, 1.82) is 0 Å². The molecule has 0 amide bonds. The highest BCUT2D eigenvalue weighted by atomic mass is 16.5. The molecule has 0 spiro atoms. The van der Waals surface area contributed by atoms with Gasteiger partial charge in [0.1, 0.15) is 0 Å². The van der Waals surface area contributed by atoms with E-state index >= 15 is 0 Å². The van der Waals surface area contributed by atoms with Crippen LogP contribution in [-0.4, -0.2) is 49.3 Å². The van der Waals surface area contributed by atoms with Crippen molar-refractivity contribution in [2.75, 3.05) is 26.2 Å². The highest BCUT2D eigenvalue weighted by molar-refractivity contribution is 4.90. The lowest BCUT2D eigenvalue weighted by Crippen LogP contribution is -2.53. The Labute approximate surface area is 125 Å². The van der Waals surface area contributed by atoms with Crippen LogP contribution in [0.5, 0.6) is 0 Å². The number of hydrogen-bond acceptors (Lipinski definition) is 3. The van der Waals surface area contributed by atoms with Crippen LogP contribution in [-0.2, 0) is 4.74 Å². The van der Waals surface area contributed by atoms with Crippen molar-refractivity contribution in [3.63, 3.8) is 0 Å². The van der Waals surface area contributed by atoms with Crippen molar-refractivity contribution >= 4 is 0 Å². The fraction of sp³-hybridized carbons (Fsp3) is 1.00. The lowest BCUT2D eigenvalue weighted by molar-refractivity contribution is -0.0766. The molecular weight excluding hydrogens is 248 g/mol. The Morgan fingerprint density at radius 2 is 1.70 bits per heavy atom. The van der Waals surface area contributed by atoms with E-state index in [9.17, 15) is 0 Å². The molecule has 1 aliphatic heterocycles. The molecule has 3 nitrogen and oxygen atoms in total. The Hall–Kier alpha value is -0.120. The number of nitrogens with zero attached hydrogens (tertiary/aromatic N) is 1. The fourth-order valence-corrected chi connectivity index (χ4v) is 4.45. The summed E-state index contributed by atoms with van der Waals surface area (Å²) < 4.78 is 5.87. The molecule has 0 aromatic heterocycles. The summed E-state index contributed by atoms with van der Waals surface area (Å²) in [4.78, 5) is 2.64.